The van der Waals surface area contributed by atoms with E-state index in [0.717, 1.165) is 0 Å². The van der Waals surface area contributed by atoms with Crippen molar-refractivity contribution in [1.82, 2.24) is 19.4 Å². The fraction of sp³-hybridized carbons (Fsp3) is 0.400. The van der Waals surface area contributed by atoms with Gasteiger partial charge in [0.25, 0.3) is 5.56 Å². The highest BCUT2D eigenvalue weighted by Crippen LogP contribution is 2.38. The van der Waals surface area contributed by atoms with Gasteiger partial charge in [-0.3, -0.25) is 24.0 Å². The summed E-state index contributed by atoms with van der Waals surface area (Å²) in [6.07, 6.45) is 3.59. The van der Waals surface area contributed by atoms with Gasteiger partial charge in [-0.2, -0.15) is 0 Å². The fourth-order valence-electron chi connectivity index (χ4n) is 4.97. The molecule has 0 unspecified atom stereocenters. The number of anilines is 1. The van der Waals surface area contributed by atoms with E-state index in [-0.39, 0.29) is 18.0 Å². The Kier molecular flexibility index (Phi) is 5.58. The van der Waals surface area contributed by atoms with Gasteiger partial charge in [0, 0.05) is 44.1 Å². The molecule has 0 atom stereocenters. The van der Waals surface area contributed by atoms with Crippen LogP contribution in [-0.2, 0) is 16.1 Å². The maximum absolute atomic E-state index is 13.2. The summed E-state index contributed by atoms with van der Waals surface area (Å²) >= 11 is 0. The lowest BCUT2D eigenvalue weighted by Gasteiger charge is -2.37. The lowest BCUT2D eigenvalue weighted by atomic mass is 9.91. The van der Waals surface area contributed by atoms with Crippen molar-refractivity contribution in [2.75, 3.05) is 44.9 Å². The molecule has 192 valence electrons. The number of nitrogens with zero attached hydrogens (tertiary/aromatic N) is 5. The van der Waals surface area contributed by atoms with Crippen molar-refractivity contribution in [2.24, 2.45) is 0 Å². The molecule has 12 nitrogen and oxygen atoms in total. The van der Waals surface area contributed by atoms with Crippen LogP contribution < -0.4 is 24.7 Å². The second-order valence-corrected chi connectivity index (χ2v) is 9.24. The molecule has 0 aromatic carbocycles. The first kappa shape index (κ1) is 23.1. The minimum atomic E-state index is -0.712. The number of amides is 2. The second-order valence-electron chi connectivity index (χ2n) is 9.24. The third kappa shape index (κ3) is 4.17. The van der Waals surface area contributed by atoms with Gasteiger partial charge in [-0.25, -0.2) is 9.78 Å². The van der Waals surface area contributed by atoms with E-state index < -0.39 is 11.7 Å². The van der Waals surface area contributed by atoms with Crippen LogP contribution in [0.25, 0.3) is 11.0 Å². The van der Waals surface area contributed by atoms with Crippen molar-refractivity contribution in [3.8, 4) is 17.2 Å². The number of hydrogen-bond acceptors (Lipinski definition) is 9. The lowest BCUT2D eigenvalue weighted by Crippen LogP contribution is -2.49. The van der Waals surface area contributed by atoms with Gasteiger partial charge in [0.05, 0.1) is 37.1 Å². The second kappa shape index (κ2) is 8.95. The number of methoxy groups -OCH3 is 1. The van der Waals surface area contributed by atoms with Crippen LogP contribution in [0, 0.1) is 0 Å². The Morgan fingerprint density at radius 1 is 1.05 bits per heavy atom. The molecule has 2 saturated heterocycles. The third-order valence-electron chi connectivity index (χ3n) is 7.03. The van der Waals surface area contributed by atoms with Crippen molar-refractivity contribution < 1.29 is 28.5 Å². The van der Waals surface area contributed by atoms with Crippen LogP contribution >= 0.6 is 0 Å². The maximum atomic E-state index is 13.2. The van der Waals surface area contributed by atoms with E-state index in [9.17, 15) is 14.4 Å². The molecule has 0 saturated carbocycles. The van der Waals surface area contributed by atoms with Crippen molar-refractivity contribution in [3.63, 3.8) is 0 Å². The number of rotatable bonds is 4. The lowest BCUT2D eigenvalue weighted by molar-refractivity contribution is -0.135. The molecule has 6 heterocycles. The highest BCUT2D eigenvalue weighted by Gasteiger charge is 2.48. The summed E-state index contributed by atoms with van der Waals surface area (Å²) in [5, 5.41) is 0. The summed E-state index contributed by atoms with van der Waals surface area (Å²) in [7, 11) is 1.52. The smallest absolute Gasteiger partial charge is 0.416 e. The highest BCUT2D eigenvalue weighted by atomic mass is 16.6. The first-order valence-corrected chi connectivity index (χ1v) is 12.0. The summed E-state index contributed by atoms with van der Waals surface area (Å²) < 4.78 is 23.6. The topological polar surface area (TPSA) is 125 Å². The summed E-state index contributed by atoms with van der Waals surface area (Å²) in [5.41, 5.74) is 0.116. The monoisotopic (exact) mass is 507 g/mol. The van der Waals surface area contributed by atoms with E-state index in [4.69, 9.17) is 18.9 Å². The molecular formula is C25H25N5O7. The SMILES string of the molecule is COc1cnc2ccc(=O)n(CC(=O)N3CCC4(CC3)CN(c3cc5c(cn3)OCCO5)C(=O)O4)c2c1. The number of pyridine rings is 3. The number of fused-ring (bicyclic) bond motifs is 2. The minimum absolute atomic E-state index is 0.120. The molecule has 3 aliphatic rings. The third-order valence-corrected chi connectivity index (χ3v) is 7.03. The molecule has 0 radical (unpaired) electrons. The Morgan fingerprint density at radius 3 is 2.62 bits per heavy atom. The van der Waals surface area contributed by atoms with Gasteiger partial charge in [-0.05, 0) is 6.07 Å². The molecule has 1 spiro atoms. The molecule has 3 aliphatic heterocycles. The predicted molar refractivity (Wildman–Crippen MR) is 130 cm³/mol. The number of ether oxygens (including phenoxy) is 4. The predicted octanol–water partition coefficient (Wildman–Crippen LogP) is 1.59. The molecule has 0 aliphatic carbocycles. The average Bonchev–Trinajstić information content (AvgIpc) is 3.25. The van der Waals surface area contributed by atoms with E-state index in [1.165, 1.54) is 22.6 Å². The van der Waals surface area contributed by atoms with E-state index in [1.54, 1.807) is 35.5 Å². The summed E-state index contributed by atoms with van der Waals surface area (Å²) in [6.45, 7) is 1.90. The van der Waals surface area contributed by atoms with Crippen LogP contribution in [0.4, 0.5) is 10.6 Å². The summed E-state index contributed by atoms with van der Waals surface area (Å²) in [5.74, 6) is 1.83. The van der Waals surface area contributed by atoms with Gasteiger partial charge >= 0.3 is 6.09 Å². The van der Waals surface area contributed by atoms with Gasteiger partial charge in [-0.15, -0.1) is 0 Å². The molecule has 12 heteroatoms. The Balaban J connectivity index is 1.14. The number of likely N-dealkylation sites (tertiary alicyclic amines) is 1. The number of piperidine rings is 1. The van der Waals surface area contributed by atoms with Crippen molar-refractivity contribution >= 4 is 28.9 Å². The van der Waals surface area contributed by atoms with Gasteiger partial charge in [-0.1, -0.05) is 0 Å². The zero-order valence-electron chi connectivity index (χ0n) is 20.2. The summed E-state index contributed by atoms with van der Waals surface area (Å²) in [4.78, 5) is 50.3. The summed E-state index contributed by atoms with van der Waals surface area (Å²) in [6, 6.07) is 6.40. The Bertz CT molecular complexity index is 1450. The number of aromatic nitrogens is 3. The largest absolute Gasteiger partial charge is 0.495 e. The van der Waals surface area contributed by atoms with Gasteiger partial charge < -0.3 is 23.8 Å². The molecular weight excluding hydrogens is 482 g/mol. The average molecular weight is 508 g/mol. The molecule has 3 aromatic rings. The van der Waals surface area contributed by atoms with Gasteiger partial charge in [0.1, 0.15) is 36.9 Å². The quantitative estimate of drug-likeness (QED) is 0.518. The molecule has 3 aromatic heterocycles. The van der Waals surface area contributed by atoms with Crippen LogP contribution in [0.1, 0.15) is 12.8 Å². The number of carbonyl (C=O) groups excluding carboxylic acids is 2. The van der Waals surface area contributed by atoms with Crippen molar-refractivity contribution in [3.05, 3.63) is 47.0 Å². The van der Waals surface area contributed by atoms with E-state index in [1.807, 2.05) is 0 Å². The van der Waals surface area contributed by atoms with E-state index in [2.05, 4.69) is 9.97 Å². The first-order valence-electron chi connectivity index (χ1n) is 12.0. The zero-order chi connectivity index (χ0) is 25.6. The Morgan fingerprint density at radius 2 is 1.84 bits per heavy atom. The number of hydrogen-bond donors (Lipinski definition) is 0. The van der Waals surface area contributed by atoms with E-state index in [0.29, 0.717) is 79.8 Å². The molecule has 0 N–H and O–H groups in total. The van der Waals surface area contributed by atoms with Gasteiger partial charge in [0.15, 0.2) is 11.5 Å². The van der Waals surface area contributed by atoms with Crippen LogP contribution in [0.5, 0.6) is 17.2 Å². The van der Waals surface area contributed by atoms with Crippen LogP contribution in [0.2, 0.25) is 0 Å². The van der Waals surface area contributed by atoms with E-state index >= 15 is 0 Å². The standard InChI is InChI=1S/C25H25N5O7/c1-34-16-10-18-17(26-12-16)2-3-22(31)29(18)14-23(32)28-6-4-25(5-7-28)15-30(24(33)37-25)21-11-19-20(13-27-21)36-9-8-35-19/h2-3,10-13H,4-9,14-15H2,1H3. The van der Waals surface area contributed by atoms with Crippen LogP contribution in [-0.4, -0.2) is 77.0 Å². The first-order chi connectivity index (χ1) is 17.9. The molecule has 2 amide bonds. The maximum Gasteiger partial charge on any atom is 0.416 e. The fourth-order valence-corrected chi connectivity index (χ4v) is 4.97. The zero-order valence-corrected chi connectivity index (χ0v) is 20.2. The van der Waals surface area contributed by atoms with Crippen LogP contribution in [0.15, 0.2) is 41.5 Å². The molecule has 0 bridgehead atoms. The van der Waals surface area contributed by atoms with Gasteiger partial charge in [0.2, 0.25) is 5.91 Å². The Hall–Kier alpha value is -4.35. The molecule has 6 rings (SSSR count). The van der Waals surface area contributed by atoms with Crippen molar-refractivity contribution in [2.45, 2.75) is 25.0 Å². The molecule has 2 fully saturated rings. The normalized spacial score (nSPS) is 18.2. The number of carbonyl (C=O) groups is 2. The highest BCUT2D eigenvalue weighted by molar-refractivity contribution is 5.89. The Labute approximate surface area is 211 Å². The van der Waals surface area contributed by atoms with Crippen molar-refractivity contribution in [1.29, 1.82) is 0 Å². The minimum Gasteiger partial charge on any atom is -0.495 e. The molecule has 37 heavy (non-hydrogen) atoms. The van der Waals surface area contributed by atoms with Crippen LogP contribution in [0.3, 0.4) is 0 Å².